The van der Waals surface area contributed by atoms with Gasteiger partial charge in [-0.05, 0) is 18.1 Å². The molecule has 0 saturated carbocycles. The van der Waals surface area contributed by atoms with Gasteiger partial charge < -0.3 is 29.4 Å². The number of nitrogens with two attached hydrogens (primary N) is 1. The molecule has 3 aliphatic rings. The first-order valence-corrected chi connectivity index (χ1v) is 25.8. The van der Waals surface area contributed by atoms with E-state index in [2.05, 4.69) is 40.5 Å². The number of imidazole rings is 2. The molecular formula is C34H51N11O15P2Si. The summed E-state index contributed by atoms with van der Waals surface area (Å²) < 4.78 is 72.1. The topological polar surface area (TPSA) is 351 Å². The maximum Gasteiger partial charge on any atom is 0.472 e. The number of fused-ring (bicyclic) bond motifs is 4. The van der Waals surface area contributed by atoms with Gasteiger partial charge in [-0.25, -0.2) is 19.1 Å². The van der Waals surface area contributed by atoms with Crippen LogP contribution in [0.15, 0.2) is 22.2 Å². The van der Waals surface area contributed by atoms with Crippen LogP contribution in [0.5, 0.6) is 0 Å². The summed E-state index contributed by atoms with van der Waals surface area (Å²) in [7, 11) is -13.2. The first-order chi connectivity index (χ1) is 29.3. The van der Waals surface area contributed by atoms with Crippen molar-refractivity contribution in [2.75, 3.05) is 23.8 Å². The number of nitrogens with zero attached hydrogens (tertiary/aromatic N) is 6. The Kier molecular flexibility index (Phi) is 12.7. The highest BCUT2D eigenvalue weighted by molar-refractivity contribution is 7.47. The smallest absolute Gasteiger partial charge is 0.407 e. The minimum Gasteiger partial charge on any atom is -0.407 e. The van der Waals surface area contributed by atoms with Crippen molar-refractivity contribution in [2.24, 2.45) is 17.6 Å². The zero-order valence-corrected chi connectivity index (χ0v) is 38.5. The lowest BCUT2D eigenvalue weighted by molar-refractivity contribution is -0.119. The van der Waals surface area contributed by atoms with Gasteiger partial charge in [-0.2, -0.15) is 9.97 Å². The molecule has 2 unspecified atom stereocenters. The second-order valence-electron chi connectivity index (χ2n) is 17.5. The Bertz CT molecular complexity index is 2630. The first-order valence-electron chi connectivity index (χ1n) is 19.9. The highest BCUT2D eigenvalue weighted by Gasteiger charge is 2.56. The summed E-state index contributed by atoms with van der Waals surface area (Å²) in [6.45, 7) is 14.6. The molecule has 10 atom stereocenters. The summed E-state index contributed by atoms with van der Waals surface area (Å²) in [4.78, 5) is 95.5. The van der Waals surface area contributed by atoms with Gasteiger partial charge in [0.1, 0.15) is 30.5 Å². The minimum absolute atomic E-state index is 0.0695. The summed E-state index contributed by atoms with van der Waals surface area (Å²) in [6, 6.07) is -1.36. The van der Waals surface area contributed by atoms with Crippen molar-refractivity contribution < 1.29 is 60.5 Å². The molecule has 346 valence electrons. The quantitative estimate of drug-likeness (QED) is 0.0980. The fourth-order valence-corrected chi connectivity index (χ4v) is 9.91. The Morgan fingerprint density at radius 1 is 0.825 bits per heavy atom. The molecule has 7 rings (SSSR count). The van der Waals surface area contributed by atoms with Crippen LogP contribution < -0.4 is 27.5 Å². The molecule has 0 aliphatic carbocycles. The van der Waals surface area contributed by atoms with E-state index in [0.717, 1.165) is 0 Å². The third kappa shape index (κ3) is 9.52. The fraction of sp³-hybridized carbons (Fsp3) is 0.647. The number of ether oxygens (including phenoxy) is 2. The molecular weight excluding hydrogens is 892 g/mol. The summed E-state index contributed by atoms with van der Waals surface area (Å²) in [5, 5.41) is 4.59. The number of carbonyl (C=O) groups is 2. The average molecular weight is 944 g/mol. The molecule has 8 N–H and O–H groups in total. The molecule has 0 radical (unpaired) electrons. The largest absolute Gasteiger partial charge is 0.472 e. The number of hydrogen-bond donors (Lipinski definition) is 7. The van der Waals surface area contributed by atoms with E-state index in [1.54, 1.807) is 27.7 Å². The number of amides is 2. The van der Waals surface area contributed by atoms with Gasteiger partial charge in [0.15, 0.2) is 43.1 Å². The molecule has 29 heteroatoms. The van der Waals surface area contributed by atoms with Crippen LogP contribution in [0.4, 0.5) is 11.9 Å². The second-order valence-corrected chi connectivity index (χ2v) is 25.1. The molecule has 3 saturated heterocycles. The van der Waals surface area contributed by atoms with E-state index in [1.165, 1.54) is 21.8 Å². The number of aromatic amines is 2. The summed E-state index contributed by atoms with van der Waals surface area (Å²) in [5.74, 6) is -2.18. The number of H-pyrrole nitrogens is 2. The number of hydrogen-bond acceptors (Lipinski definition) is 18. The molecule has 0 bridgehead atoms. The van der Waals surface area contributed by atoms with Crippen LogP contribution >= 0.6 is 15.6 Å². The van der Waals surface area contributed by atoms with Crippen molar-refractivity contribution in [3.8, 4) is 0 Å². The maximum absolute atomic E-state index is 14.0. The molecule has 7 heterocycles. The summed E-state index contributed by atoms with van der Waals surface area (Å²) in [6.07, 6.45) is -7.64. The number of rotatable bonds is 8. The lowest BCUT2D eigenvalue weighted by atomic mass is 10.1. The van der Waals surface area contributed by atoms with Gasteiger partial charge in [0, 0.05) is 11.8 Å². The van der Waals surface area contributed by atoms with E-state index in [9.17, 15) is 38.1 Å². The normalized spacial score (nSPS) is 30.9. The van der Waals surface area contributed by atoms with Crippen LogP contribution in [0.2, 0.25) is 18.1 Å². The van der Waals surface area contributed by atoms with Crippen LogP contribution in [-0.2, 0) is 50.7 Å². The maximum atomic E-state index is 14.0. The number of phosphoric acid groups is 2. The lowest BCUT2D eigenvalue weighted by Gasteiger charge is -2.40. The Hall–Kier alpha value is -4.08. The van der Waals surface area contributed by atoms with Gasteiger partial charge in [0.2, 0.25) is 23.7 Å². The van der Waals surface area contributed by atoms with Gasteiger partial charge in [-0.1, -0.05) is 48.5 Å². The van der Waals surface area contributed by atoms with Crippen molar-refractivity contribution >= 4 is 70.0 Å². The minimum atomic E-state index is -5.17. The predicted octanol–water partition coefficient (Wildman–Crippen LogP) is 1.97. The van der Waals surface area contributed by atoms with Crippen LogP contribution in [0.25, 0.3) is 22.3 Å². The van der Waals surface area contributed by atoms with Crippen molar-refractivity contribution in [1.82, 2.24) is 39.0 Å². The van der Waals surface area contributed by atoms with Crippen molar-refractivity contribution in [2.45, 2.75) is 116 Å². The fourth-order valence-electron chi connectivity index (χ4n) is 6.69. The zero-order valence-electron chi connectivity index (χ0n) is 35.7. The molecule has 2 amide bonds. The van der Waals surface area contributed by atoms with Crippen LogP contribution in [0.3, 0.4) is 0 Å². The molecule has 4 aromatic rings. The number of nitrogens with one attached hydrogen (secondary N) is 4. The highest BCUT2D eigenvalue weighted by atomic mass is 31.2. The SMILES string of the molecule is CC(C)C(=O)Nc1nc2c(ncn2[C@@H]2O[C@@H]3COP(=O)(O)O[C@H]4[C@@H](O[Si](C)(C)C(C)(C)C)[C@H](n5cnc6c(=O)[nH]c(NC(=O)C(C)C)nc65)O[C@@H]4COP(=O)(O)O[C@H]3[C@H]2N)c(=O)[nH]1. The van der Waals surface area contributed by atoms with E-state index in [4.69, 9.17) is 37.7 Å². The average Bonchev–Trinajstić information content (AvgIpc) is 3.93. The summed E-state index contributed by atoms with van der Waals surface area (Å²) in [5.41, 5.74) is 4.69. The molecule has 26 nitrogen and oxygen atoms in total. The Morgan fingerprint density at radius 3 is 1.71 bits per heavy atom. The Labute approximate surface area is 359 Å². The number of phosphoric ester groups is 2. The van der Waals surface area contributed by atoms with E-state index in [0.29, 0.717) is 0 Å². The lowest BCUT2D eigenvalue weighted by Crippen LogP contribution is -2.49. The van der Waals surface area contributed by atoms with Gasteiger partial charge in [-0.15, -0.1) is 0 Å². The van der Waals surface area contributed by atoms with E-state index < -0.39 is 126 Å². The Balaban J connectivity index is 1.22. The third-order valence-electron chi connectivity index (χ3n) is 11.2. The molecule has 0 spiro atoms. The zero-order chi connectivity index (χ0) is 46.1. The van der Waals surface area contributed by atoms with Gasteiger partial charge in [0.05, 0.1) is 31.9 Å². The third-order valence-corrected chi connectivity index (χ3v) is 17.6. The van der Waals surface area contributed by atoms with Crippen molar-refractivity contribution in [3.63, 3.8) is 0 Å². The van der Waals surface area contributed by atoms with Crippen LogP contribution in [0, 0.1) is 11.8 Å². The van der Waals surface area contributed by atoms with Gasteiger partial charge in [-0.3, -0.25) is 67.0 Å². The van der Waals surface area contributed by atoms with E-state index >= 15 is 0 Å². The summed E-state index contributed by atoms with van der Waals surface area (Å²) >= 11 is 0. The molecule has 3 fully saturated rings. The molecule has 63 heavy (non-hydrogen) atoms. The molecule has 3 aliphatic heterocycles. The van der Waals surface area contributed by atoms with Crippen molar-refractivity contribution in [1.29, 1.82) is 0 Å². The van der Waals surface area contributed by atoms with Gasteiger partial charge in [0.25, 0.3) is 11.1 Å². The second kappa shape index (κ2) is 17.0. The first kappa shape index (κ1) is 46.9. The van der Waals surface area contributed by atoms with E-state index in [1.807, 2.05) is 33.9 Å². The van der Waals surface area contributed by atoms with Gasteiger partial charge >= 0.3 is 15.6 Å². The number of carbonyl (C=O) groups excluding carboxylic acids is 2. The predicted molar refractivity (Wildman–Crippen MR) is 222 cm³/mol. The molecule has 0 aromatic carbocycles. The number of aromatic nitrogens is 8. The molecule has 4 aromatic heterocycles. The van der Waals surface area contributed by atoms with Crippen LogP contribution in [0.1, 0.15) is 60.9 Å². The van der Waals surface area contributed by atoms with Crippen molar-refractivity contribution in [3.05, 3.63) is 33.4 Å². The van der Waals surface area contributed by atoms with Crippen LogP contribution in [-0.4, -0.2) is 119 Å². The monoisotopic (exact) mass is 943 g/mol. The Morgan fingerprint density at radius 2 is 1.25 bits per heavy atom. The highest BCUT2D eigenvalue weighted by Crippen LogP contribution is 2.54. The standard InChI is InChI=1S/C34H51N11O15P2Si/c1-14(2)26(46)40-32-38-24-19(28(48)42-32)36-12-44(24)30-18(35)21-16(56-30)10-54-62(52,53)59-22-17(11-55-61(50,51)58-21)57-31(23(22)60-63(8,9)34(5,6)7)45-13-37-20-25(45)39-33(43-29(20)49)41-27(47)15(3)4/h12-18,21-23,30-31H,10-11,35H2,1-9H3,(H,50,51)(H,52,53)(H2,38,40,42,46,48)(H2,39,41,43,47,49)/t16-,17-,18-,21-,22-,23-,30-,31-/m1/s1. The number of anilines is 2. The van der Waals surface area contributed by atoms with E-state index in [-0.39, 0.29) is 34.2 Å².